The molecular weight excluding hydrogens is 1790 g/mol. The number of oxime groups is 1. The summed E-state index contributed by atoms with van der Waals surface area (Å²) in [4.78, 5) is 132. The number of unbranched alkanes of at least 4 members (excludes halogenated alkanes) is 2. The van der Waals surface area contributed by atoms with Crippen molar-refractivity contribution in [2.45, 2.75) is 171 Å². The Bertz CT molecular complexity index is 5740. The summed E-state index contributed by atoms with van der Waals surface area (Å²) in [5.74, 6) is -8.47. The van der Waals surface area contributed by atoms with Crippen molar-refractivity contribution in [1.29, 1.82) is 10.5 Å². The lowest BCUT2D eigenvalue weighted by Crippen LogP contribution is -2.49. The Hall–Kier alpha value is -13.5. The number of hydrogen-bond donors (Lipinski definition) is 14. The first-order chi connectivity index (χ1) is 65.4. The van der Waals surface area contributed by atoms with Crippen molar-refractivity contribution in [1.82, 2.24) is 53.2 Å². The number of nitriles is 2. The SMILES string of the molecule is N#Cc1ccc(CNC(=O)[C@@H]2CCCCNC(=O)c3cccc(c3)C(=O)NCCCC[C@@H](CS(=O)(=O)Cc3ccccc3)C(=O)N2)cc1.N#Cc1ccc(CNC(=O)[C@H](CCCCN)NC(=O)[C@@H](CCCCN)CS(=O)(=O)Cc2ccccc2)cc1.N/C(=N\O)c1ccc(CNC(=O)[C@@H]2CCCCNC(=O)c3cccc(c3)C(=O)NCCCC[C@@H](CS(=O)(=O)Cc3ccccc3)C(=O)N2)cc1. The molecule has 33 nitrogen and oxygen atoms in total. The van der Waals surface area contributed by atoms with Gasteiger partial charge in [-0.3, -0.25) is 47.9 Å². The van der Waals surface area contributed by atoms with Crippen LogP contribution < -0.4 is 70.4 Å². The fourth-order valence-electron chi connectivity index (χ4n) is 15.1. The number of nitrogens with two attached hydrogens (primary N) is 3. The number of amidine groups is 1. The van der Waals surface area contributed by atoms with E-state index in [-0.39, 0.29) is 110 Å². The molecule has 0 fully saturated rings. The van der Waals surface area contributed by atoms with Gasteiger partial charge in [0.05, 0.1) is 75.5 Å². The van der Waals surface area contributed by atoms with Gasteiger partial charge in [0.1, 0.15) is 18.1 Å². The van der Waals surface area contributed by atoms with Crippen molar-refractivity contribution >= 4 is 94.4 Å². The molecule has 10 amide bonds. The summed E-state index contributed by atoms with van der Waals surface area (Å²) < 4.78 is 79.1. The monoisotopic (exact) mass is 1920 g/mol. The zero-order chi connectivity index (χ0) is 98.1. The molecule has 0 radical (unpaired) electrons. The number of carbonyl (C=O) groups is 10. The third-order valence-corrected chi connectivity index (χ3v) is 27.7. The van der Waals surface area contributed by atoms with Gasteiger partial charge in [-0.25, -0.2) is 25.3 Å². The molecule has 0 aromatic heterocycles. The van der Waals surface area contributed by atoms with Gasteiger partial charge in [-0.1, -0.05) is 176 Å². The zero-order valence-electron chi connectivity index (χ0n) is 76.3. The molecule has 2 heterocycles. The van der Waals surface area contributed by atoms with Gasteiger partial charge in [0.15, 0.2) is 35.3 Å². The van der Waals surface area contributed by atoms with Crippen LogP contribution in [0.15, 0.2) is 217 Å². The van der Waals surface area contributed by atoms with Crippen molar-refractivity contribution in [3.05, 3.63) is 285 Å². The smallest absolute Gasteiger partial charge is 0.251 e. The van der Waals surface area contributed by atoms with Crippen molar-refractivity contribution in [3.63, 3.8) is 0 Å². The molecule has 17 N–H and O–H groups in total. The van der Waals surface area contributed by atoms with Gasteiger partial charge < -0.3 is 75.6 Å². The molecule has 36 heteroatoms. The first kappa shape index (κ1) is 108. The van der Waals surface area contributed by atoms with Crippen molar-refractivity contribution < 1.29 is 78.4 Å². The minimum absolute atomic E-state index is 0.0501. The van der Waals surface area contributed by atoms with Crippen LogP contribution in [0.25, 0.3) is 0 Å². The minimum atomic E-state index is -3.71. The Kier molecular flexibility index (Phi) is 45.4. The lowest BCUT2D eigenvalue weighted by molar-refractivity contribution is -0.131. The average molecular weight is 1920 g/mol. The van der Waals surface area contributed by atoms with Gasteiger partial charge in [0, 0.05) is 73.6 Å². The molecular formula is C100H124N16O17S3. The highest BCUT2D eigenvalue weighted by Crippen LogP contribution is 2.23. The van der Waals surface area contributed by atoms with Crippen LogP contribution in [0.5, 0.6) is 0 Å². The molecule has 6 atom stereocenters. The van der Waals surface area contributed by atoms with Gasteiger partial charge in [-0.15, -0.1) is 0 Å². The highest BCUT2D eigenvalue weighted by atomic mass is 32.2. The fourth-order valence-corrected chi connectivity index (χ4v) is 20.4. The summed E-state index contributed by atoms with van der Waals surface area (Å²) in [5, 5.41) is 58.2. The number of nitrogens with zero attached hydrogens (tertiary/aromatic N) is 3. The van der Waals surface area contributed by atoms with Gasteiger partial charge in [-0.05, 0) is 203 Å². The molecule has 0 aliphatic carbocycles. The van der Waals surface area contributed by atoms with E-state index in [1.807, 2.05) is 6.07 Å². The number of hydrogen-bond acceptors (Lipinski definition) is 22. The van der Waals surface area contributed by atoms with E-state index < -0.39 is 106 Å². The lowest BCUT2D eigenvalue weighted by Gasteiger charge is -2.23. The number of benzene rings is 8. The van der Waals surface area contributed by atoms with Crippen LogP contribution >= 0.6 is 0 Å². The predicted octanol–water partition coefficient (Wildman–Crippen LogP) is 8.18. The Morgan fingerprint density at radius 1 is 0.412 bits per heavy atom. The topological polar surface area (TPSA) is 552 Å². The molecule has 10 rings (SSSR count). The molecule has 0 spiro atoms. The summed E-state index contributed by atoms with van der Waals surface area (Å²) in [6.07, 6.45) is 8.15. The maximum absolute atomic E-state index is 13.8. The third-order valence-electron chi connectivity index (χ3n) is 22.7. The first-order valence-corrected chi connectivity index (χ1v) is 51.2. The molecule has 0 unspecified atom stereocenters. The largest absolute Gasteiger partial charge is 0.409 e. The van der Waals surface area contributed by atoms with Crippen LogP contribution in [0.4, 0.5) is 0 Å². The summed E-state index contributed by atoms with van der Waals surface area (Å²) in [6, 6.07) is 60.9. The van der Waals surface area contributed by atoms with E-state index >= 15 is 0 Å². The van der Waals surface area contributed by atoms with Crippen LogP contribution in [0, 0.1) is 40.4 Å². The van der Waals surface area contributed by atoms with E-state index in [2.05, 4.69) is 70.5 Å². The lowest BCUT2D eigenvalue weighted by atomic mass is 10.0. The van der Waals surface area contributed by atoms with Crippen LogP contribution in [0.3, 0.4) is 0 Å². The van der Waals surface area contributed by atoms with E-state index in [4.69, 9.17) is 32.9 Å². The Balaban J connectivity index is 0.000000253. The Morgan fingerprint density at radius 2 is 0.757 bits per heavy atom. The van der Waals surface area contributed by atoms with Crippen LogP contribution in [-0.4, -0.2) is 170 Å². The highest BCUT2D eigenvalue weighted by molar-refractivity contribution is 7.91. The molecule has 2 aliphatic rings. The van der Waals surface area contributed by atoms with Gasteiger partial charge in [0.25, 0.3) is 23.6 Å². The van der Waals surface area contributed by atoms with Crippen LogP contribution in [0.2, 0.25) is 0 Å². The number of amides is 10. The van der Waals surface area contributed by atoms with E-state index in [9.17, 15) is 73.2 Å². The Morgan fingerprint density at radius 3 is 1.12 bits per heavy atom. The molecule has 0 saturated carbocycles. The second-order valence-corrected chi connectivity index (χ2v) is 39.9. The summed E-state index contributed by atoms with van der Waals surface area (Å²) in [5.41, 5.74) is 24.0. The summed E-state index contributed by atoms with van der Waals surface area (Å²) >= 11 is 0. The second kappa shape index (κ2) is 57.3. The van der Waals surface area contributed by atoms with Gasteiger partial charge in [-0.2, -0.15) is 10.5 Å². The minimum Gasteiger partial charge on any atom is -0.409 e. The molecule has 8 aromatic carbocycles. The quantitative estimate of drug-likeness (QED) is 0.00621. The first-order valence-electron chi connectivity index (χ1n) is 45.7. The molecule has 2 aliphatic heterocycles. The van der Waals surface area contributed by atoms with E-state index in [0.717, 1.165) is 16.7 Å². The maximum Gasteiger partial charge on any atom is 0.251 e. The molecule has 724 valence electrons. The predicted molar refractivity (Wildman–Crippen MR) is 518 cm³/mol. The second-order valence-electron chi connectivity index (χ2n) is 33.6. The molecule has 4 bridgehead atoms. The van der Waals surface area contributed by atoms with E-state index in [1.165, 1.54) is 12.1 Å². The highest BCUT2D eigenvalue weighted by Gasteiger charge is 2.34. The van der Waals surface area contributed by atoms with Crippen molar-refractivity contribution in [2.24, 2.45) is 40.1 Å². The van der Waals surface area contributed by atoms with Crippen LogP contribution in [0.1, 0.15) is 207 Å². The van der Waals surface area contributed by atoms with E-state index in [1.54, 1.807) is 194 Å². The molecule has 8 aromatic rings. The summed E-state index contributed by atoms with van der Waals surface area (Å²) in [7, 11) is -11.0. The van der Waals surface area contributed by atoms with E-state index in [0.29, 0.717) is 178 Å². The fraction of sp³-hybridized carbons (Fsp3) is 0.390. The average Bonchev–Trinajstić information content (AvgIpc) is 0.952. The molecule has 0 saturated heterocycles. The van der Waals surface area contributed by atoms with Crippen molar-refractivity contribution in [3.8, 4) is 12.1 Å². The standard InChI is InChI=1S/C36H44N6O7S.C36H41N5O6S.C28H39N5O4S/c37-32(42-47)27-17-15-25(16-18-27)22-40-36(46)31-14-5-7-20-39-34(44)29-13-8-12-28(21-29)33(43)38-19-6-4-11-30(35(45)41-31)24-50(48,49)23-26-9-2-1-3-10-26;37-22-26-15-17-27(18-16-26)23-40-36(45)32-14-5-7-20-39-34(43)30-13-8-12-29(21-30)33(42)38-19-6-4-11-31(35(44)41-32)25-48(46,47)24-28-9-2-1-3-10-28;29-16-6-4-10-25(21-38(36,37)20-24-8-2-1-3-9-24)27(34)33-26(11-5-7-17-30)28(35)32-19-23-14-12-22(18-31)13-15-23/h1-3,8-10,12-13,15-18,21,30-31,47H,4-7,11,14,19-20,22-24H2,(H2,37,42)(H,38,43)(H,39,44)(H,40,46)(H,41,45);1-3,8-10,12-13,15-18,21,31-32H,4-7,11,14,19-20,23-25H2,(H,38,42)(H,39,43)(H,40,45)(H,41,44);1-3,8-9,12-15,25-26H,4-7,10-11,16-17,19-21,29-30H2,(H,32,35)(H,33,34)/t30-,31-;31-,32-;25-,26-/m000/s1. The normalized spacial score (nSPS) is 17.0. The number of fused-ring (bicyclic) bond motifs is 4. The van der Waals surface area contributed by atoms with Gasteiger partial charge >= 0.3 is 0 Å². The van der Waals surface area contributed by atoms with Gasteiger partial charge in [0.2, 0.25) is 35.4 Å². The number of carbonyl (C=O) groups excluding carboxylic acids is 10. The third kappa shape index (κ3) is 39.2. The Labute approximate surface area is 795 Å². The van der Waals surface area contributed by atoms with Crippen LogP contribution in [-0.2, 0) is 95.2 Å². The zero-order valence-corrected chi connectivity index (χ0v) is 78.7. The number of sulfone groups is 3. The number of nitrogens with one attached hydrogen (secondary N) is 10. The summed E-state index contributed by atoms with van der Waals surface area (Å²) in [6.45, 7) is 2.64. The maximum atomic E-state index is 13.8. The molecule has 136 heavy (non-hydrogen) atoms. The number of rotatable bonds is 32. The van der Waals surface area contributed by atoms with Crippen molar-refractivity contribution in [2.75, 3.05) is 56.5 Å².